The van der Waals surface area contributed by atoms with E-state index in [4.69, 9.17) is 9.15 Å². The Morgan fingerprint density at radius 3 is 2.62 bits per heavy atom. The molecule has 0 radical (unpaired) electrons. The molecule has 176 valence electrons. The molecule has 0 saturated carbocycles. The van der Waals surface area contributed by atoms with Gasteiger partial charge >= 0.3 is 0 Å². The van der Waals surface area contributed by atoms with Gasteiger partial charge < -0.3 is 9.15 Å². The van der Waals surface area contributed by atoms with Gasteiger partial charge in [0.2, 0.25) is 11.8 Å². The summed E-state index contributed by atoms with van der Waals surface area (Å²) in [5, 5.41) is 4.73. The fraction of sp³-hybridized carbons (Fsp3) is 0.269. The number of carbonyl (C=O) groups is 2. The molecule has 34 heavy (non-hydrogen) atoms. The van der Waals surface area contributed by atoms with Crippen molar-refractivity contribution in [3.8, 4) is 17.2 Å². The molecule has 1 aliphatic rings. The van der Waals surface area contributed by atoms with Crippen molar-refractivity contribution in [2.75, 3.05) is 6.61 Å². The van der Waals surface area contributed by atoms with Crippen LogP contribution in [0.15, 0.2) is 58.3 Å². The lowest BCUT2D eigenvalue weighted by molar-refractivity contribution is -0.118. The molecule has 0 aliphatic carbocycles. The normalized spacial score (nSPS) is 15.2. The Kier molecular flexibility index (Phi) is 7.70. The fourth-order valence-corrected chi connectivity index (χ4v) is 5.51. The van der Waals surface area contributed by atoms with Crippen LogP contribution in [0, 0.1) is 6.92 Å². The second-order valence-electron chi connectivity index (χ2n) is 7.46. The van der Waals surface area contributed by atoms with Crippen molar-refractivity contribution in [2.24, 2.45) is 0 Å². The van der Waals surface area contributed by atoms with Crippen LogP contribution in [-0.4, -0.2) is 28.0 Å². The zero-order chi connectivity index (χ0) is 24.1. The molecule has 4 aromatic rings. The molecule has 1 aliphatic heterocycles. The van der Waals surface area contributed by atoms with E-state index < -0.39 is 0 Å². The van der Waals surface area contributed by atoms with Crippen LogP contribution in [0.2, 0.25) is 0 Å². The summed E-state index contributed by atoms with van der Waals surface area (Å²) >= 11 is 2.67. The van der Waals surface area contributed by atoms with E-state index in [1.54, 1.807) is 11.3 Å². The average molecular weight is 495 g/mol. The highest BCUT2D eigenvalue weighted by Crippen LogP contribution is 2.35. The summed E-state index contributed by atoms with van der Waals surface area (Å²) in [6.07, 6.45) is 1.15. The number of ether oxygens (including phenoxy) is 1. The molecule has 1 saturated heterocycles. The highest BCUT2D eigenvalue weighted by atomic mass is 32.2. The van der Waals surface area contributed by atoms with Gasteiger partial charge in [0.1, 0.15) is 11.5 Å². The number of oxazole rings is 1. The molecule has 0 bridgehead atoms. The van der Waals surface area contributed by atoms with Gasteiger partial charge in [-0.3, -0.25) is 14.9 Å². The number of fused-ring (bicyclic) bond motifs is 1. The third kappa shape index (κ3) is 5.18. The number of thiophene rings is 1. The minimum Gasteiger partial charge on any atom is -0.493 e. The molecule has 1 fully saturated rings. The number of aromatic nitrogens is 1. The minimum atomic E-state index is -0.381. The lowest BCUT2D eigenvalue weighted by Crippen LogP contribution is -2.25. The number of rotatable bonds is 7. The van der Waals surface area contributed by atoms with Gasteiger partial charge in [0, 0.05) is 22.1 Å². The smallest absolute Gasteiger partial charge is 0.286 e. The summed E-state index contributed by atoms with van der Waals surface area (Å²) in [6, 6.07) is 15.8. The number of imide groups is 1. The topological polar surface area (TPSA) is 81.4 Å². The summed E-state index contributed by atoms with van der Waals surface area (Å²) in [7, 11) is 0. The lowest BCUT2D eigenvalue weighted by atomic mass is 10.1. The molecule has 3 heterocycles. The highest BCUT2D eigenvalue weighted by molar-refractivity contribution is 8.15. The Hall–Kier alpha value is -3.10. The minimum absolute atomic E-state index is 0.220. The lowest BCUT2D eigenvalue weighted by Gasteiger charge is -2.11. The summed E-state index contributed by atoms with van der Waals surface area (Å²) in [6.45, 7) is 6.39. The molecular weight excluding hydrogens is 468 g/mol. The molecular formula is C26H26N2O4S2. The van der Waals surface area contributed by atoms with Crippen LogP contribution in [0.5, 0.6) is 5.75 Å². The second kappa shape index (κ2) is 10.9. The number of hydrogen-bond donors (Lipinski definition) is 1. The van der Waals surface area contributed by atoms with Crippen LogP contribution >= 0.6 is 23.1 Å². The van der Waals surface area contributed by atoms with E-state index in [1.807, 2.05) is 74.7 Å². The molecule has 2 aromatic carbocycles. The fourth-order valence-electron chi connectivity index (χ4n) is 3.73. The first kappa shape index (κ1) is 24.0. The molecule has 1 N–H and O–H groups in total. The number of carbonyl (C=O) groups excluding carboxylic acids is 2. The van der Waals surface area contributed by atoms with E-state index in [-0.39, 0.29) is 16.4 Å². The monoisotopic (exact) mass is 494 g/mol. The second-order valence-corrected chi connectivity index (χ2v) is 9.55. The van der Waals surface area contributed by atoms with E-state index in [0.29, 0.717) is 25.3 Å². The van der Waals surface area contributed by atoms with Gasteiger partial charge in [0.15, 0.2) is 0 Å². The van der Waals surface area contributed by atoms with Crippen LogP contribution < -0.4 is 10.1 Å². The number of hydrogen-bond acceptors (Lipinski definition) is 7. The molecule has 0 spiro atoms. The van der Waals surface area contributed by atoms with Crippen LogP contribution in [0.25, 0.3) is 21.5 Å². The first-order valence-corrected chi connectivity index (χ1v) is 13.0. The van der Waals surface area contributed by atoms with Crippen molar-refractivity contribution in [3.05, 3.63) is 70.9 Å². The molecule has 1 atom stereocenters. The Morgan fingerprint density at radius 2 is 1.88 bits per heavy atom. The summed E-state index contributed by atoms with van der Waals surface area (Å²) in [4.78, 5) is 28.0. The zero-order valence-corrected chi connectivity index (χ0v) is 20.9. The van der Waals surface area contributed by atoms with Gasteiger partial charge in [-0.2, -0.15) is 0 Å². The largest absolute Gasteiger partial charge is 0.493 e. The molecule has 5 rings (SSSR count). The maximum Gasteiger partial charge on any atom is 0.286 e. The predicted octanol–water partition coefficient (Wildman–Crippen LogP) is 6.41. The Balaban J connectivity index is 0.00000133. The molecule has 2 aromatic heterocycles. The number of thioether (sulfide) groups is 1. The van der Waals surface area contributed by atoms with Gasteiger partial charge in [-0.1, -0.05) is 49.9 Å². The van der Waals surface area contributed by atoms with Gasteiger partial charge in [-0.25, -0.2) is 4.98 Å². The number of nitrogens with zero attached hydrogens (tertiary/aromatic N) is 1. The van der Waals surface area contributed by atoms with Crippen LogP contribution in [0.4, 0.5) is 4.79 Å². The summed E-state index contributed by atoms with van der Waals surface area (Å²) < 4.78 is 13.0. The van der Waals surface area contributed by atoms with Gasteiger partial charge in [0.25, 0.3) is 5.24 Å². The molecule has 2 amide bonds. The van der Waals surface area contributed by atoms with Gasteiger partial charge in [-0.05, 0) is 48.6 Å². The quantitative estimate of drug-likeness (QED) is 0.320. The van der Waals surface area contributed by atoms with Crippen molar-refractivity contribution >= 4 is 44.3 Å². The number of benzene rings is 2. The first-order valence-electron chi connectivity index (χ1n) is 11.2. The first-order chi connectivity index (χ1) is 16.6. The van der Waals surface area contributed by atoms with Crippen molar-refractivity contribution in [2.45, 2.75) is 38.9 Å². The Morgan fingerprint density at radius 1 is 1.09 bits per heavy atom. The Labute approximate surface area is 206 Å². The standard InChI is InChI=1S/C24H20N2O4S2.C2H6/c1-14-18(25-23(30-14)15-5-3-2-4-6-15)9-11-29-19-8-7-16(21-17(19)10-12-31-21)13-20-22(27)26-24(28)32-20;1-2/h2-8,10,12,20H,9,11,13H2,1H3,(H,26,27,28);1-2H3. The highest BCUT2D eigenvalue weighted by Gasteiger charge is 2.32. The molecule has 1 unspecified atom stereocenters. The van der Waals surface area contributed by atoms with E-state index in [0.717, 1.165) is 50.2 Å². The van der Waals surface area contributed by atoms with E-state index in [2.05, 4.69) is 10.3 Å². The molecule has 8 heteroatoms. The van der Waals surface area contributed by atoms with Crippen molar-refractivity contribution in [1.29, 1.82) is 0 Å². The number of amides is 2. The molecule has 6 nitrogen and oxygen atoms in total. The van der Waals surface area contributed by atoms with Gasteiger partial charge in [0.05, 0.1) is 17.6 Å². The number of aryl methyl sites for hydroxylation is 1. The third-order valence-corrected chi connectivity index (χ3v) is 7.31. The van der Waals surface area contributed by atoms with Gasteiger partial charge in [-0.15, -0.1) is 11.3 Å². The van der Waals surface area contributed by atoms with Crippen LogP contribution in [-0.2, 0) is 17.6 Å². The number of nitrogens with one attached hydrogen (secondary N) is 1. The van der Waals surface area contributed by atoms with Crippen molar-refractivity contribution in [1.82, 2.24) is 10.3 Å². The zero-order valence-electron chi connectivity index (χ0n) is 19.3. The SMILES string of the molecule is CC.Cc1oc(-c2ccccc2)nc1CCOc1ccc(CC2SC(=O)NC2=O)c2sccc12. The van der Waals surface area contributed by atoms with Crippen LogP contribution in [0.1, 0.15) is 30.9 Å². The maximum atomic E-state index is 11.9. The van der Waals surface area contributed by atoms with Crippen molar-refractivity contribution < 1.29 is 18.7 Å². The summed E-state index contributed by atoms with van der Waals surface area (Å²) in [5.74, 6) is 2.00. The third-order valence-electron chi connectivity index (χ3n) is 5.34. The Bertz CT molecular complexity index is 1300. The van der Waals surface area contributed by atoms with E-state index in [1.165, 1.54) is 0 Å². The summed E-state index contributed by atoms with van der Waals surface area (Å²) in [5.41, 5.74) is 2.88. The predicted molar refractivity (Wildman–Crippen MR) is 138 cm³/mol. The average Bonchev–Trinajstić information content (AvgIpc) is 3.56. The van der Waals surface area contributed by atoms with Crippen molar-refractivity contribution in [3.63, 3.8) is 0 Å². The van der Waals surface area contributed by atoms with E-state index in [9.17, 15) is 9.59 Å². The van der Waals surface area contributed by atoms with Crippen LogP contribution in [0.3, 0.4) is 0 Å². The maximum absolute atomic E-state index is 11.9. The van der Waals surface area contributed by atoms with E-state index >= 15 is 0 Å².